The molecule has 1 rings (SSSR count). The zero-order valence-electron chi connectivity index (χ0n) is 11.7. The fourth-order valence-corrected chi connectivity index (χ4v) is 2.20. The maximum Gasteiger partial charge on any atom is 0.242 e. The van der Waals surface area contributed by atoms with Crippen LogP contribution in [0.25, 0.3) is 0 Å². The number of hydrogen-bond donors (Lipinski definition) is 3. The molecule has 0 radical (unpaired) electrons. The van der Waals surface area contributed by atoms with Crippen molar-refractivity contribution in [2.45, 2.75) is 58.7 Å². The molecule has 0 aromatic heterocycles. The van der Waals surface area contributed by atoms with Crippen LogP contribution in [0.5, 0.6) is 0 Å². The van der Waals surface area contributed by atoms with Crippen LogP contribution in [0.2, 0.25) is 0 Å². The van der Waals surface area contributed by atoms with E-state index in [1.165, 1.54) is 0 Å². The number of nitrogens with one attached hydrogen (secondary N) is 3. The number of carbonyl (C=O) groups is 2. The molecule has 1 aliphatic rings. The molecule has 1 aliphatic heterocycles. The monoisotopic (exact) mass is 255 g/mol. The van der Waals surface area contributed by atoms with Gasteiger partial charge in [0.25, 0.3) is 0 Å². The van der Waals surface area contributed by atoms with Gasteiger partial charge < -0.3 is 16.0 Å². The Morgan fingerprint density at radius 3 is 2.44 bits per heavy atom. The summed E-state index contributed by atoms with van der Waals surface area (Å²) in [5.74, 6) is -0.191. The first-order chi connectivity index (χ1) is 8.41. The quantitative estimate of drug-likeness (QED) is 0.681. The van der Waals surface area contributed by atoms with Crippen molar-refractivity contribution in [3.8, 4) is 0 Å². The number of piperidine rings is 1. The molecule has 0 aromatic rings. The average Bonchev–Trinajstić information content (AvgIpc) is 2.28. The third-order valence-corrected chi connectivity index (χ3v) is 3.28. The van der Waals surface area contributed by atoms with Crippen LogP contribution < -0.4 is 16.0 Å². The second kappa shape index (κ2) is 6.73. The van der Waals surface area contributed by atoms with Gasteiger partial charge in [0.15, 0.2) is 0 Å². The van der Waals surface area contributed by atoms with Gasteiger partial charge in [0.05, 0.1) is 5.92 Å². The van der Waals surface area contributed by atoms with Crippen molar-refractivity contribution in [3.05, 3.63) is 0 Å². The third kappa shape index (κ3) is 4.29. The maximum absolute atomic E-state index is 12.1. The summed E-state index contributed by atoms with van der Waals surface area (Å²) >= 11 is 0. The number of hydrogen-bond acceptors (Lipinski definition) is 3. The Labute approximate surface area is 109 Å². The summed E-state index contributed by atoms with van der Waals surface area (Å²) in [6, 6.07) is -0.208. The van der Waals surface area contributed by atoms with E-state index in [0.717, 1.165) is 19.4 Å². The van der Waals surface area contributed by atoms with Gasteiger partial charge in [0, 0.05) is 12.1 Å². The summed E-state index contributed by atoms with van der Waals surface area (Å²) in [7, 11) is 0. The standard InChI is InChI=1S/C13H25N3O2/c1-8(2)15-12(17)10(4)16-13(18)11-6-5-7-14-9(11)3/h8-11,14H,5-7H2,1-4H3,(H,15,17)(H,16,18). The lowest BCUT2D eigenvalue weighted by Crippen LogP contribution is -2.52. The van der Waals surface area contributed by atoms with E-state index in [4.69, 9.17) is 0 Å². The van der Waals surface area contributed by atoms with Gasteiger partial charge in [-0.3, -0.25) is 9.59 Å². The summed E-state index contributed by atoms with van der Waals surface area (Å²) < 4.78 is 0. The number of rotatable bonds is 4. The first-order valence-electron chi connectivity index (χ1n) is 6.76. The minimum atomic E-state index is -0.478. The van der Waals surface area contributed by atoms with Crippen molar-refractivity contribution in [1.29, 1.82) is 0 Å². The highest BCUT2D eigenvalue weighted by molar-refractivity contribution is 5.88. The molecule has 0 bridgehead atoms. The van der Waals surface area contributed by atoms with Crippen LogP contribution in [0.15, 0.2) is 0 Å². The normalized spacial score (nSPS) is 25.6. The van der Waals surface area contributed by atoms with Crippen molar-refractivity contribution in [2.75, 3.05) is 6.54 Å². The van der Waals surface area contributed by atoms with Gasteiger partial charge in [-0.15, -0.1) is 0 Å². The molecule has 5 nitrogen and oxygen atoms in total. The highest BCUT2D eigenvalue weighted by Gasteiger charge is 2.29. The Hall–Kier alpha value is -1.10. The molecule has 3 atom stereocenters. The van der Waals surface area contributed by atoms with Crippen molar-refractivity contribution < 1.29 is 9.59 Å². The molecule has 1 heterocycles. The Kier molecular flexibility index (Phi) is 5.59. The minimum absolute atomic E-state index is 0.0268. The maximum atomic E-state index is 12.1. The Balaban J connectivity index is 2.45. The number of carbonyl (C=O) groups excluding carboxylic acids is 2. The van der Waals surface area contributed by atoms with Crippen LogP contribution in [-0.2, 0) is 9.59 Å². The van der Waals surface area contributed by atoms with Gasteiger partial charge in [-0.25, -0.2) is 0 Å². The smallest absolute Gasteiger partial charge is 0.242 e. The van der Waals surface area contributed by atoms with Crippen LogP contribution in [0.3, 0.4) is 0 Å². The molecule has 0 saturated carbocycles. The molecule has 18 heavy (non-hydrogen) atoms. The van der Waals surface area contributed by atoms with E-state index in [1.807, 2.05) is 20.8 Å². The highest BCUT2D eigenvalue weighted by Crippen LogP contribution is 2.16. The van der Waals surface area contributed by atoms with E-state index in [0.29, 0.717) is 0 Å². The van der Waals surface area contributed by atoms with Crippen LogP contribution >= 0.6 is 0 Å². The lowest BCUT2D eigenvalue weighted by molar-refractivity contribution is -0.132. The summed E-state index contributed by atoms with van der Waals surface area (Å²) in [5.41, 5.74) is 0. The van der Waals surface area contributed by atoms with Crippen molar-refractivity contribution >= 4 is 11.8 Å². The van der Waals surface area contributed by atoms with E-state index >= 15 is 0 Å². The molecule has 3 unspecified atom stereocenters. The molecule has 0 aliphatic carbocycles. The number of amides is 2. The molecule has 2 amide bonds. The second-order valence-electron chi connectivity index (χ2n) is 5.39. The molecule has 3 N–H and O–H groups in total. The van der Waals surface area contributed by atoms with Gasteiger partial charge in [0.2, 0.25) is 11.8 Å². The third-order valence-electron chi connectivity index (χ3n) is 3.28. The predicted molar refractivity (Wildman–Crippen MR) is 71.1 cm³/mol. The van der Waals surface area contributed by atoms with Gasteiger partial charge in [0.1, 0.15) is 6.04 Å². The van der Waals surface area contributed by atoms with Gasteiger partial charge in [-0.05, 0) is 47.1 Å². The molecule has 1 saturated heterocycles. The first kappa shape index (κ1) is 15.0. The summed E-state index contributed by atoms with van der Waals surface area (Å²) in [6.07, 6.45) is 1.90. The zero-order valence-corrected chi connectivity index (χ0v) is 11.7. The summed E-state index contributed by atoms with van der Waals surface area (Å²) in [6.45, 7) is 8.51. The molecule has 0 aromatic carbocycles. The SMILES string of the molecule is CC(C)NC(=O)C(C)NC(=O)C1CCCNC1C. The van der Waals surface area contributed by atoms with Crippen molar-refractivity contribution in [2.24, 2.45) is 5.92 Å². The minimum Gasteiger partial charge on any atom is -0.352 e. The molecule has 5 heteroatoms. The van der Waals surface area contributed by atoms with Gasteiger partial charge in [-0.1, -0.05) is 0 Å². The van der Waals surface area contributed by atoms with Gasteiger partial charge in [-0.2, -0.15) is 0 Å². The topological polar surface area (TPSA) is 70.2 Å². The second-order valence-corrected chi connectivity index (χ2v) is 5.39. The fraction of sp³-hybridized carbons (Fsp3) is 0.846. The van der Waals surface area contributed by atoms with Crippen LogP contribution in [0, 0.1) is 5.92 Å². The average molecular weight is 255 g/mol. The summed E-state index contributed by atoms with van der Waals surface area (Å²) in [4.78, 5) is 23.8. The molecular weight excluding hydrogens is 230 g/mol. The van der Waals surface area contributed by atoms with Crippen LogP contribution in [0.4, 0.5) is 0 Å². The van der Waals surface area contributed by atoms with Crippen LogP contribution in [0.1, 0.15) is 40.5 Å². The van der Waals surface area contributed by atoms with E-state index in [9.17, 15) is 9.59 Å². The highest BCUT2D eigenvalue weighted by atomic mass is 16.2. The lowest BCUT2D eigenvalue weighted by atomic mass is 9.91. The van der Waals surface area contributed by atoms with Crippen LogP contribution in [-0.4, -0.2) is 36.5 Å². The molecule has 0 spiro atoms. The zero-order chi connectivity index (χ0) is 13.7. The van der Waals surface area contributed by atoms with Crippen molar-refractivity contribution in [3.63, 3.8) is 0 Å². The van der Waals surface area contributed by atoms with E-state index < -0.39 is 6.04 Å². The van der Waals surface area contributed by atoms with E-state index in [2.05, 4.69) is 16.0 Å². The van der Waals surface area contributed by atoms with Gasteiger partial charge >= 0.3 is 0 Å². The van der Waals surface area contributed by atoms with E-state index in [1.54, 1.807) is 6.92 Å². The van der Waals surface area contributed by atoms with Crippen molar-refractivity contribution in [1.82, 2.24) is 16.0 Å². The first-order valence-corrected chi connectivity index (χ1v) is 6.76. The lowest BCUT2D eigenvalue weighted by Gasteiger charge is -2.29. The Bertz CT molecular complexity index is 305. The largest absolute Gasteiger partial charge is 0.352 e. The Morgan fingerprint density at radius 2 is 1.89 bits per heavy atom. The van der Waals surface area contributed by atoms with E-state index in [-0.39, 0.29) is 29.8 Å². The summed E-state index contributed by atoms with van der Waals surface area (Å²) in [5, 5.41) is 8.87. The fourth-order valence-electron chi connectivity index (χ4n) is 2.20. The predicted octanol–water partition coefficient (Wildman–Crippen LogP) is 0.404. The Morgan fingerprint density at radius 1 is 1.22 bits per heavy atom. The molecular formula is C13H25N3O2. The molecule has 1 fully saturated rings. The molecule has 104 valence electrons.